The highest BCUT2D eigenvalue weighted by molar-refractivity contribution is 8.18. The van der Waals surface area contributed by atoms with E-state index in [9.17, 15) is 33.7 Å². The van der Waals surface area contributed by atoms with Crippen LogP contribution in [0.15, 0.2) is 86.3 Å². The molecule has 0 amide bonds. The third-order valence-electron chi connectivity index (χ3n) is 8.86. The molecule has 58 heavy (non-hydrogen) atoms. The summed E-state index contributed by atoms with van der Waals surface area (Å²) >= 11 is 6.68. The van der Waals surface area contributed by atoms with Crippen LogP contribution in [0.4, 0.5) is 0 Å². The number of aromatic nitrogens is 8. The lowest BCUT2D eigenvalue weighted by Crippen LogP contribution is -2.13. The van der Waals surface area contributed by atoms with Gasteiger partial charge < -0.3 is 9.97 Å². The summed E-state index contributed by atoms with van der Waals surface area (Å²) in [5, 5.41) is -0.482. The highest BCUT2D eigenvalue weighted by atomic mass is 35.7. The van der Waals surface area contributed by atoms with Crippen LogP contribution in [0.1, 0.15) is 0 Å². The molecule has 3 aromatic heterocycles. The molecular weight excluding hydrogens is 957 g/mol. The highest BCUT2D eigenvalue weighted by Gasteiger charge is 2.43. The fraction of sp³-hybridized carbons (Fsp3) is 0. The molecule has 5 heterocycles. The Bertz CT molecular complexity index is 3680. The van der Waals surface area contributed by atoms with Gasteiger partial charge in [-0.15, -0.1) is 0 Å². The first-order valence-electron chi connectivity index (χ1n) is 15.5. The Labute approximate surface area is 359 Å². The second-order valence-electron chi connectivity index (χ2n) is 12.2. The maximum atomic E-state index is 13.5. The maximum absolute atomic E-state index is 13.5. The second-order valence-corrected chi connectivity index (χ2v) is 22.6. The first kappa shape index (κ1) is 40.8. The topological polar surface area (TPSA) is 245 Å². The number of halogens is 5. The molecule has 0 radical (unpaired) electrons. The zero-order valence-electron chi connectivity index (χ0n) is 27.3. The van der Waals surface area contributed by atoms with Crippen LogP contribution in [0.3, 0.4) is 0 Å². The van der Waals surface area contributed by atoms with Crippen LogP contribution >= 0.6 is 54.3 Å². The number of hydrogen-bond acceptors (Lipinski definition) is 14. The Hall–Kier alpha value is -3.98. The van der Waals surface area contributed by atoms with Crippen LogP contribution in [0.25, 0.3) is 89.7 Å². The molecule has 0 aliphatic carbocycles. The number of H-pyrrole nitrogens is 2. The van der Waals surface area contributed by atoms with Gasteiger partial charge in [-0.3, -0.25) is 0 Å². The number of fused-ring (bicyclic) bond motifs is 20. The molecule has 2 aliphatic rings. The van der Waals surface area contributed by atoms with E-state index in [1.807, 2.05) is 6.07 Å². The van der Waals surface area contributed by atoms with E-state index in [4.69, 9.17) is 64.3 Å². The Morgan fingerprint density at radius 1 is 0.414 bits per heavy atom. The van der Waals surface area contributed by atoms with E-state index in [1.54, 1.807) is 54.6 Å². The normalized spacial score (nSPS) is 13.0. The molecule has 294 valence electrons. The van der Waals surface area contributed by atoms with Crippen molar-refractivity contribution < 1.29 is 33.7 Å². The van der Waals surface area contributed by atoms with Gasteiger partial charge in [0.05, 0.1) is 15.8 Å². The lowest BCUT2D eigenvalue weighted by Gasteiger charge is -2.14. The smallest absolute Gasteiger partial charge is 0.264 e. The molecule has 8 bridgehead atoms. The van der Waals surface area contributed by atoms with Crippen molar-refractivity contribution in [2.75, 3.05) is 0 Å². The van der Waals surface area contributed by atoms with Crippen LogP contribution < -0.4 is 0 Å². The first-order valence-corrected chi connectivity index (χ1v) is 25.2. The molecule has 2 N–H and O–H groups in total. The molecule has 0 unspecified atom stereocenters. The van der Waals surface area contributed by atoms with Gasteiger partial charge in [0.15, 0.2) is 40.7 Å². The molecule has 0 fully saturated rings. The summed E-state index contributed by atoms with van der Waals surface area (Å²) in [5.41, 5.74) is 0.588. The quantitative estimate of drug-likeness (QED) is 0.151. The van der Waals surface area contributed by atoms with E-state index in [1.165, 1.54) is 6.07 Å². The molecule has 4 aromatic carbocycles. The van der Waals surface area contributed by atoms with Crippen molar-refractivity contribution in [3.05, 3.63) is 71.8 Å². The van der Waals surface area contributed by atoms with Crippen molar-refractivity contribution in [1.82, 2.24) is 39.9 Å². The molecule has 9 rings (SSSR count). The summed E-state index contributed by atoms with van der Waals surface area (Å²) in [6, 6.07) is 18.5. The summed E-state index contributed by atoms with van der Waals surface area (Å²) in [5.74, 6) is -0.263. The average molecular weight is 973 g/mol. The van der Waals surface area contributed by atoms with Gasteiger partial charge in [-0.1, -0.05) is 72.3 Å². The zero-order chi connectivity index (χ0) is 40.6. The van der Waals surface area contributed by atoms with E-state index >= 15 is 0 Å². The third kappa shape index (κ3) is 6.53. The SMILES string of the molecule is O=S(=O)(Cl)c1c(S(=O)(=O)Cl)c(S(=O)(=O)Cl)c2c3nc4nc(nc5[nH]c(nc6nc(nc([nH]3)c2c1S(=O)(=O)Cl)-c1ccccc1-6)c1ccccc51)-c1cccc(Cl)c1-4.[AlH3]. The second kappa shape index (κ2) is 13.8. The van der Waals surface area contributed by atoms with Crippen molar-refractivity contribution in [1.29, 1.82) is 0 Å². The van der Waals surface area contributed by atoms with Crippen molar-refractivity contribution in [3.8, 4) is 45.6 Å². The van der Waals surface area contributed by atoms with Crippen LogP contribution in [0.2, 0.25) is 5.02 Å². The zero-order valence-corrected chi connectivity index (χ0v) is 34.4. The summed E-state index contributed by atoms with van der Waals surface area (Å²) in [6.45, 7) is 0. The largest absolute Gasteiger partial charge is 0.324 e. The van der Waals surface area contributed by atoms with Gasteiger partial charge in [0.2, 0.25) is 0 Å². The van der Waals surface area contributed by atoms with Crippen LogP contribution in [0.5, 0.6) is 0 Å². The summed E-state index contributed by atoms with van der Waals surface area (Å²) in [4.78, 5) is 27.1. The first-order chi connectivity index (χ1) is 26.7. The van der Waals surface area contributed by atoms with E-state index in [0.717, 1.165) is 0 Å². The Morgan fingerprint density at radius 3 is 1.24 bits per heavy atom. The average Bonchev–Trinajstić information content (AvgIpc) is 3.85. The number of nitrogens with one attached hydrogen (secondary N) is 2. The number of nitrogens with zero attached hydrogens (tertiary/aromatic N) is 6. The number of hydrogen-bond donors (Lipinski definition) is 2. The predicted octanol–water partition coefficient (Wildman–Crippen LogP) is 6.05. The van der Waals surface area contributed by atoms with E-state index in [-0.39, 0.29) is 51.2 Å². The van der Waals surface area contributed by atoms with Crippen LogP contribution in [-0.2, 0) is 36.2 Å². The van der Waals surface area contributed by atoms with Gasteiger partial charge >= 0.3 is 0 Å². The lowest BCUT2D eigenvalue weighted by atomic mass is 10.1. The maximum Gasteiger partial charge on any atom is 0.264 e. The standard InChI is InChI=1S/C32H13Cl5N8O8S4.Al.3H/c33-17-11-5-10-16-18(17)30-43-29(16)41-27-13-7-2-1-6-12(13)25(39-27)38-26-14-8-3-4-9-15(14)28(40-26)42-31-19-20(32(44-30)45-31)22(55(35,48)49)24(57(37,52)53)23(56(36,50)51)21(19)54(34,46)47;;;;/h1-11H,(H2,38,39,40,41,42,43,44,45);;;;. The predicted molar refractivity (Wildman–Crippen MR) is 223 cm³/mol. The number of aromatic amines is 2. The molecule has 2 aliphatic heterocycles. The molecule has 0 atom stereocenters. The number of benzene rings is 4. The van der Waals surface area contributed by atoms with E-state index < -0.39 is 77.9 Å². The van der Waals surface area contributed by atoms with Gasteiger partial charge in [-0.2, -0.15) is 0 Å². The molecule has 7 aromatic rings. The van der Waals surface area contributed by atoms with Gasteiger partial charge in [-0.05, 0) is 6.07 Å². The fourth-order valence-corrected chi connectivity index (χ4v) is 14.6. The van der Waals surface area contributed by atoms with Gasteiger partial charge in [-0.25, -0.2) is 63.6 Å². The third-order valence-corrected chi connectivity index (χ3v) is 15.0. The van der Waals surface area contributed by atoms with E-state index in [0.29, 0.717) is 38.8 Å². The van der Waals surface area contributed by atoms with Gasteiger partial charge in [0.1, 0.15) is 42.2 Å². The Morgan fingerprint density at radius 2 is 0.776 bits per heavy atom. The minimum atomic E-state index is -5.59. The van der Waals surface area contributed by atoms with Crippen molar-refractivity contribution in [2.45, 2.75) is 19.6 Å². The summed E-state index contributed by atoms with van der Waals surface area (Å²) < 4.78 is 107. The van der Waals surface area contributed by atoms with Gasteiger partial charge in [0.25, 0.3) is 36.2 Å². The monoisotopic (exact) mass is 970 g/mol. The molecule has 0 saturated carbocycles. The lowest BCUT2D eigenvalue weighted by molar-refractivity contribution is 0.583. The van der Waals surface area contributed by atoms with Crippen LogP contribution in [0, 0.1) is 0 Å². The summed E-state index contributed by atoms with van der Waals surface area (Å²) in [6.07, 6.45) is 0. The number of rotatable bonds is 4. The molecule has 0 spiro atoms. The minimum absolute atomic E-state index is 0. The van der Waals surface area contributed by atoms with E-state index in [2.05, 4.69) is 29.9 Å². The highest BCUT2D eigenvalue weighted by Crippen LogP contribution is 2.48. The van der Waals surface area contributed by atoms with Crippen molar-refractivity contribution in [3.63, 3.8) is 0 Å². The molecule has 26 heteroatoms. The summed E-state index contributed by atoms with van der Waals surface area (Å²) in [7, 11) is 1.07. The van der Waals surface area contributed by atoms with Crippen molar-refractivity contribution >= 4 is 152 Å². The molecule has 0 saturated heterocycles. The molecule has 16 nitrogen and oxygen atoms in total. The minimum Gasteiger partial charge on any atom is -0.324 e. The van der Waals surface area contributed by atoms with Crippen LogP contribution in [-0.4, -0.2) is 90.9 Å². The van der Waals surface area contributed by atoms with Gasteiger partial charge in [0, 0.05) is 75.8 Å². The van der Waals surface area contributed by atoms with Crippen molar-refractivity contribution in [2.24, 2.45) is 0 Å². The fourth-order valence-electron chi connectivity index (χ4n) is 6.75. The Balaban J connectivity index is 0.00000469. The Kier molecular flexibility index (Phi) is 9.69. The molecular formula is C32H16AlCl5N8O8S4.